The van der Waals surface area contributed by atoms with Crippen LogP contribution in [0.5, 0.6) is 5.75 Å². The molecule has 0 bridgehead atoms. The molecule has 1 aliphatic rings. The van der Waals surface area contributed by atoms with E-state index in [4.69, 9.17) is 9.47 Å². The van der Waals surface area contributed by atoms with Gasteiger partial charge in [-0.05, 0) is 38.8 Å². The number of carbonyl (C=O) groups is 2. The Kier molecular flexibility index (Phi) is 4.92. The van der Waals surface area contributed by atoms with E-state index in [1.54, 1.807) is 29.5 Å². The van der Waals surface area contributed by atoms with E-state index < -0.39 is 0 Å². The lowest BCUT2D eigenvalue weighted by molar-refractivity contribution is -0.149. The Morgan fingerprint density at radius 1 is 1.40 bits per heavy atom. The molecular weight excluding hydrogens is 322 g/mol. The first-order chi connectivity index (χ1) is 12.1. The van der Waals surface area contributed by atoms with Crippen LogP contribution in [-0.2, 0) is 9.53 Å². The highest BCUT2D eigenvalue weighted by Crippen LogP contribution is 2.25. The molecule has 1 aliphatic heterocycles. The molecule has 7 nitrogen and oxygen atoms in total. The molecule has 2 aromatic rings. The molecule has 0 aromatic carbocycles. The molecule has 1 fully saturated rings. The standard InChI is InChI=1S/C18H23N3O4/c1-4-25-18(23)13-7-5-9-20(11-13)17(22)15-12(2)19-16-14(24-3)8-6-10-21(15)16/h6,8,10,13H,4-5,7,9,11H2,1-3H3. The molecule has 0 radical (unpaired) electrons. The van der Waals surface area contributed by atoms with Crippen molar-refractivity contribution >= 4 is 17.5 Å². The summed E-state index contributed by atoms with van der Waals surface area (Å²) in [6, 6.07) is 3.63. The molecule has 3 heterocycles. The highest BCUT2D eigenvalue weighted by atomic mass is 16.5. The van der Waals surface area contributed by atoms with Gasteiger partial charge in [0.05, 0.1) is 25.3 Å². The van der Waals surface area contributed by atoms with E-state index >= 15 is 0 Å². The number of amides is 1. The van der Waals surface area contributed by atoms with Gasteiger partial charge in [-0.2, -0.15) is 0 Å². The highest BCUT2D eigenvalue weighted by Gasteiger charge is 2.32. The number of aromatic nitrogens is 2. The van der Waals surface area contributed by atoms with Crippen molar-refractivity contribution in [3.05, 3.63) is 29.7 Å². The van der Waals surface area contributed by atoms with Gasteiger partial charge in [-0.3, -0.25) is 14.0 Å². The van der Waals surface area contributed by atoms with Crippen molar-refractivity contribution in [3.8, 4) is 5.75 Å². The zero-order chi connectivity index (χ0) is 18.0. The predicted octanol–water partition coefficient (Wildman–Crippen LogP) is 2.07. The Bertz CT molecular complexity index is 799. The Hall–Kier alpha value is -2.57. The molecule has 0 saturated carbocycles. The minimum absolute atomic E-state index is 0.118. The van der Waals surface area contributed by atoms with Gasteiger partial charge in [0, 0.05) is 19.3 Å². The van der Waals surface area contributed by atoms with Crippen molar-refractivity contribution in [2.45, 2.75) is 26.7 Å². The number of piperidine rings is 1. The fraction of sp³-hybridized carbons (Fsp3) is 0.500. The SMILES string of the molecule is CCOC(=O)C1CCCN(C(=O)c2c(C)nc3c(OC)cccn23)C1. The first-order valence-electron chi connectivity index (χ1n) is 8.54. The van der Waals surface area contributed by atoms with Crippen molar-refractivity contribution in [1.82, 2.24) is 14.3 Å². The maximum atomic E-state index is 13.1. The van der Waals surface area contributed by atoms with E-state index in [0.717, 1.165) is 12.8 Å². The minimum Gasteiger partial charge on any atom is -0.493 e. The third kappa shape index (κ3) is 3.18. The number of hydrogen-bond acceptors (Lipinski definition) is 5. The summed E-state index contributed by atoms with van der Waals surface area (Å²) in [5, 5.41) is 0. The molecule has 0 aliphatic carbocycles. The Morgan fingerprint density at radius 3 is 2.92 bits per heavy atom. The van der Waals surface area contributed by atoms with Crippen LogP contribution in [0.4, 0.5) is 0 Å². The van der Waals surface area contributed by atoms with Crippen LogP contribution in [0.2, 0.25) is 0 Å². The largest absolute Gasteiger partial charge is 0.493 e. The van der Waals surface area contributed by atoms with E-state index in [9.17, 15) is 9.59 Å². The van der Waals surface area contributed by atoms with Crippen LogP contribution in [0.15, 0.2) is 18.3 Å². The number of methoxy groups -OCH3 is 1. The lowest BCUT2D eigenvalue weighted by atomic mass is 9.98. The number of fused-ring (bicyclic) bond motifs is 1. The number of aryl methyl sites for hydroxylation is 1. The molecule has 134 valence electrons. The number of ether oxygens (including phenoxy) is 2. The van der Waals surface area contributed by atoms with Crippen LogP contribution in [0.3, 0.4) is 0 Å². The molecule has 3 rings (SSSR count). The van der Waals surface area contributed by atoms with Gasteiger partial charge in [0.1, 0.15) is 5.69 Å². The second-order valence-corrected chi connectivity index (χ2v) is 6.16. The second-order valence-electron chi connectivity index (χ2n) is 6.16. The monoisotopic (exact) mass is 345 g/mol. The summed E-state index contributed by atoms with van der Waals surface area (Å²) in [6.07, 6.45) is 3.34. The van der Waals surface area contributed by atoms with Gasteiger partial charge in [0.25, 0.3) is 5.91 Å². The summed E-state index contributed by atoms with van der Waals surface area (Å²) >= 11 is 0. The van der Waals surface area contributed by atoms with Gasteiger partial charge in [0.15, 0.2) is 11.4 Å². The molecular formula is C18H23N3O4. The summed E-state index contributed by atoms with van der Waals surface area (Å²) in [7, 11) is 1.58. The summed E-state index contributed by atoms with van der Waals surface area (Å²) in [5.41, 5.74) is 1.77. The van der Waals surface area contributed by atoms with Gasteiger partial charge in [0.2, 0.25) is 0 Å². The van der Waals surface area contributed by atoms with E-state index in [1.165, 1.54) is 0 Å². The van der Waals surface area contributed by atoms with Gasteiger partial charge in [-0.1, -0.05) is 0 Å². The fourth-order valence-corrected chi connectivity index (χ4v) is 3.34. The van der Waals surface area contributed by atoms with E-state index in [0.29, 0.717) is 42.5 Å². The van der Waals surface area contributed by atoms with Crippen LogP contribution in [0, 0.1) is 12.8 Å². The van der Waals surface area contributed by atoms with E-state index in [2.05, 4.69) is 4.98 Å². The smallest absolute Gasteiger partial charge is 0.310 e. The molecule has 1 saturated heterocycles. The number of carbonyl (C=O) groups excluding carboxylic acids is 2. The van der Waals surface area contributed by atoms with Gasteiger partial charge in [-0.25, -0.2) is 4.98 Å². The minimum atomic E-state index is -0.258. The summed E-state index contributed by atoms with van der Waals surface area (Å²) in [4.78, 5) is 31.3. The van der Waals surface area contributed by atoms with Gasteiger partial charge < -0.3 is 14.4 Å². The highest BCUT2D eigenvalue weighted by molar-refractivity contribution is 5.95. The quantitative estimate of drug-likeness (QED) is 0.793. The van der Waals surface area contributed by atoms with Crippen molar-refractivity contribution in [2.24, 2.45) is 5.92 Å². The van der Waals surface area contributed by atoms with Gasteiger partial charge in [-0.15, -0.1) is 0 Å². The Labute approximate surface area is 146 Å². The first kappa shape index (κ1) is 17.3. The van der Waals surface area contributed by atoms with E-state index in [1.807, 2.05) is 19.1 Å². The lowest BCUT2D eigenvalue weighted by Gasteiger charge is -2.31. The van der Waals surface area contributed by atoms with Gasteiger partial charge >= 0.3 is 5.97 Å². The van der Waals surface area contributed by atoms with Crippen LogP contribution < -0.4 is 4.74 Å². The third-order valence-corrected chi connectivity index (χ3v) is 4.54. The van der Waals surface area contributed by atoms with Crippen LogP contribution in [-0.4, -0.2) is 53.0 Å². The van der Waals surface area contributed by atoms with Crippen molar-refractivity contribution in [2.75, 3.05) is 26.8 Å². The van der Waals surface area contributed by atoms with Crippen molar-refractivity contribution in [3.63, 3.8) is 0 Å². The van der Waals surface area contributed by atoms with Crippen molar-refractivity contribution in [1.29, 1.82) is 0 Å². The lowest BCUT2D eigenvalue weighted by Crippen LogP contribution is -2.43. The summed E-state index contributed by atoms with van der Waals surface area (Å²) in [5.74, 6) is 0.0168. The maximum absolute atomic E-state index is 13.1. The Morgan fingerprint density at radius 2 is 2.20 bits per heavy atom. The molecule has 0 spiro atoms. The first-order valence-corrected chi connectivity index (χ1v) is 8.54. The second kappa shape index (κ2) is 7.13. The van der Waals surface area contributed by atoms with E-state index in [-0.39, 0.29) is 17.8 Å². The zero-order valence-electron chi connectivity index (χ0n) is 14.8. The summed E-state index contributed by atoms with van der Waals surface area (Å²) < 4.78 is 12.2. The number of likely N-dealkylation sites (tertiary alicyclic amines) is 1. The summed E-state index contributed by atoms with van der Waals surface area (Å²) in [6.45, 7) is 4.97. The predicted molar refractivity (Wildman–Crippen MR) is 91.7 cm³/mol. The average Bonchev–Trinajstić information content (AvgIpc) is 2.97. The number of hydrogen-bond donors (Lipinski definition) is 0. The molecule has 2 aromatic heterocycles. The average molecular weight is 345 g/mol. The zero-order valence-corrected chi connectivity index (χ0v) is 14.8. The van der Waals surface area contributed by atoms with Crippen molar-refractivity contribution < 1.29 is 19.1 Å². The Balaban J connectivity index is 1.89. The number of rotatable bonds is 4. The van der Waals surface area contributed by atoms with Crippen LogP contribution >= 0.6 is 0 Å². The topological polar surface area (TPSA) is 73.1 Å². The van der Waals surface area contributed by atoms with Crippen LogP contribution in [0.1, 0.15) is 35.9 Å². The number of esters is 1. The normalized spacial score (nSPS) is 17.6. The van der Waals surface area contributed by atoms with Crippen LogP contribution in [0.25, 0.3) is 5.65 Å². The molecule has 7 heteroatoms. The molecule has 1 unspecified atom stereocenters. The molecule has 0 N–H and O–H groups in total. The molecule has 1 atom stereocenters. The number of pyridine rings is 1. The third-order valence-electron chi connectivity index (χ3n) is 4.54. The molecule has 1 amide bonds. The maximum Gasteiger partial charge on any atom is 0.310 e. The fourth-order valence-electron chi connectivity index (χ4n) is 3.34. The number of nitrogens with zero attached hydrogens (tertiary/aromatic N) is 3. The molecule has 25 heavy (non-hydrogen) atoms. The number of imidazole rings is 1.